The van der Waals surface area contributed by atoms with E-state index in [1.165, 1.54) is 11.3 Å². The maximum absolute atomic E-state index is 12.5. The van der Waals surface area contributed by atoms with Crippen molar-refractivity contribution in [1.29, 1.82) is 0 Å². The Balaban J connectivity index is 1.75. The molecule has 1 amide bonds. The van der Waals surface area contributed by atoms with Crippen LogP contribution in [0, 0.1) is 6.92 Å². The summed E-state index contributed by atoms with van der Waals surface area (Å²) < 4.78 is 5.32. The van der Waals surface area contributed by atoms with Crippen LogP contribution < -0.4 is 0 Å². The molecule has 1 saturated heterocycles. The molecule has 2 aromatic rings. The fraction of sp³-hybridized carbons (Fsp3) is 0.467. The van der Waals surface area contributed by atoms with E-state index in [4.69, 9.17) is 4.42 Å². The quantitative estimate of drug-likeness (QED) is 0.943. The normalized spacial score (nSPS) is 16.8. The lowest BCUT2D eigenvalue weighted by atomic mass is 9.89. The van der Waals surface area contributed by atoms with Crippen LogP contribution in [0.25, 0.3) is 10.8 Å². The molecule has 5 nitrogen and oxygen atoms in total. The lowest BCUT2D eigenvalue weighted by Gasteiger charge is -2.46. The smallest absolute Gasteiger partial charge is 0.273 e. The van der Waals surface area contributed by atoms with E-state index in [2.05, 4.69) is 4.98 Å². The molecule has 1 fully saturated rings. The van der Waals surface area contributed by atoms with E-state index in [-0.39, 0.29) is 5.91 Å². The minimum atomic E-state index is -0.710. The second-order valence-corrected chi connectivity index (χ2v) is 6.74. The molecule has 3 rings (SSSR count). The summed E-state index contributed by atoms with van der Waals surface area (Å²) in [5.41, 5.74) is -0.247. The molecule has 3 heterocycles. The van der Waals surface area contributed by atoms with Crippen molar-refractivity contribution in [3.63, 3.8) is 0 Å². The highest BCUT2D eigenvalue weighted by Gasteiger charge is 2.43. The third-order valence-corrected chi connectivity index (χ3v) is 4.69. The van der Waals surface area contributed by atoms with Crippen molar-refractivity contribution in [3.8, 4) is 10.8 Å². The SMILES string of the molecule is CCCC1(O)CN(C(=O)c2nc(-c3ccco3)sc2C)C1. The Kier molecular flexibility index (Phi) is 3.59. The molecule has 0 aliphatic carbocycles. The van der Waals surface area contributed by atoms with Gasteiger partial charge in [-0.2, -0.15) is 0 Å². The molecule has 1 aliphatic rings. The van der Waals surface area contributed by atoms with E-state index in [9.17, 15) is 9.90 Å². The van der Waals surface area contributed by atoms with Gasteiger partial charge in [-0.3, -0.25) is 4.79 Å². The minimum Gasteiger partial charge on any atom is -0.462 e. The fourth-order valence-corrected chi connectivity index (χ4v) is 3.55. The number of hydrogen-bond acceptors (Lipinski definition) is 5. The number of nitrogens with zero attached hydrogens (tertiary/aromatic N) is 2. The number of furan rings is 1. The molecule has 0 unspecified atom stereocenters. The summed E-state index contributed by atoms with van der Waals surface area (Å²) in [4.78, 5) is 19.4. The summed E-state index contributed by atoms with van der Waals surface area (Å²) >= 11 is 1.45. The summed E-state index contributed by atoms with van der Waals surface area (Å²) in [6, 6.07) is 3.63. The van der Waals surface area contributed by atoms with Gasteiger partial charge in [0.2, 0.25) is 0 Å². The van der Waals surface area contributed by atoms with Crippen LogP contribution in [-0.2, 0) is 0 Å². The van der Waals surface area contributed by atoms with Gasteiger partial charge in [0, 0.05) is 4.88 Å². The largest absolute Gasteiger partial charge is 0.462 e. The Morgan fingerprint density at radius 2 is 2.33 bits per heavy atom. The van der Waals surface area contributed by atoms with Crippen molar-refractivity contribution < 1.29 is 14.3 Å². The molecule has 0 bridgehead atoms. The van der Waals surface area contributed by atoms with Gasteiger partial charge in [-0.25, -0.2) is 4.98 Å². The molecule has 6 heteroatoms. The van der Waals surface area contributed by atoms with E-state index in [0.29, 0.717) is 29.6 Å². The molecule has 0 atom stereocenters. The van der Waals surface area contributed by atoms with Crippen molar-refractivity contribution in [2.24, 2.45) is 0 Å². The second-order valence-electron chi connectivity index (χ2n) is 5.54. The molecule has 1 aliphatic heterocycles. The maximum Gasteiger partial charge on any atom is 0.273 e. The van der Waals surface area contributed by atoms with Crippen LogP contribution in [0.5, 0.6) is 0 Å². The predicted molar refractivity (Wildman–Crippen MR) is 80.3 cm³/mol. The van der Waals surface area contributed by atoms with Gasteiger partial charge in [0.1, 0.15) is 5.69 Å². The molecular formula is C15H18N2O3S. The van der Waals surface area contributed by atoms with Crippen LogP contribution in [0.2, 0.25) is 0 Å². The van der Waals surface area contributed by atoms with E-state index < -0.39 is 5.60 Å². The Morgan fingerprint density at radius 3 is 2.95 bits per heavy atom. The minimum absolute atomic E-state index is 0.109. The number of carbonyl (C=O) groups excluding carboxylic acids is 1. The van der Waals surface area contributed by atoms with Crippen LogP contribution in [0.3, 0.4) is 0 Å². The standard InChI is InChI=1S/C15H18N2O3S/c1-3-6-15(19)8-17(9-15)14(18)12-10(2)21-13(16-12)11-5-4-7-20-11/h4-5,7,19H,3,6,8-9H2,1-2H3. The van der Waals surface area contributed by atoms with Crippen LogP contribution in [0.1, 0.15) is 35.1 Å². The number of β-amino-alcohol motifs (C(OH)–C–C–N with tert-alkyl or cyclic N) is 1. The molecule has 1 N–H and O–H groups in total. The topological polar surface area (TPSA) is 66.6 Å². The van der Waals surface area contributed by atoms with Gasteiger partial charge in [0.15, 0.2) is 10.8 Å². The molecule has 0 spiro atoms. The highest BCUT2D eigenvalue weighted by atomic mass is 32.1. The summed E-state index contributed by atoms with van der Waals surface area (Å²) in [6.07, 6.45) is 3.23. The zero-order chi connectivity index (χ0) is 15.0. The van der Waals surface area contributed by atoms with Gasteiger partial charge in [-0.1, -0.05) is 13.3 Å². The third kappa shape index (κ3) is 2.61. The van der Waals surface area contributed by atoms with Crippen molar-refractivity contribution in [3.05, 3.63) is 29.0 Å². The highest BCUT2D eigenvalue weighted by Crippen LogP contribution is 2.31. The number of aliphatic hydroxyl groups is 1. The first-order chi connectivity index (χ1) is 10.0. The van der Waals surface area contributed by atoms with Gasteiger partial charge < -0.3 is 14.4 Å². The van der Waals surface area contributed by atoms with Gasteiger partial charge >= 0.3 is 0 Å². The third-order valence-electron chi connectivity index (χ3n) is 3.70. The number of aromatic nitrogens is 1. The first kappa shape index (κ1) is 14.3. The molecule has 0 saturated carbocycles. The van der Waals surface area contributed by atoms with Gasteiger partial charge in [-0.05, 0) is 25.5 Å². The summed E-state index contributed by atoms with van der Waals surface area (Å²) in [7, 11) is 0. The summed E-state index contributed by atoms with van der Waals surface area (Å²) in [5.74, 6) is 0.565. The van der Waals surface area contributed by atoms with Gasteiger partial charge in [0.25, 0.3) is 5.91 Å². The predicted octanol–water partition coefficient (Wildman–Crippen LogP) is 2.70. The molecule has 112 valence electrons. The number of amides is 1. The zero-order valence-corrected chi connectivity index (χ0v) is 12.9. The summed E-state index contributed by atoms with van der Waals surface area (Å²) in [6.45, 7) is 4.71. The Morgan fingerprint density at radius 1 is 1.57 bits per heavy atom. The number of hydrogen-bond donors (Lipinski definition) is 1. The lowest BCUT2D eigenvalue weighted by molar-refractivity contribution is -0.0861. The van der Waals surface area contributed by atoms with E-state index >= 15 is 0 Å². The Labute approximate surface area is 127 Å². The van der Waals surface area contributed by atoms with Crippen LogP contribution in [-0.4, -0.2) is 39.6 Å². The van der Waals surface area contributed by atoms with E-state index in [1.807, 2.05) is 19.9 Å². The van der Waals surface area contributed by atoms with Crippen molar-refractivity contribution >= 4 is 17.2 Å². The van der Waals surface area contributed by atoms with E-state index in [0.717, 1.165) is 17.7 Å². The monoisotopic (exact) mass is 306 g/mol. The molecule has 0 radical (unpaired) electrons. The lowest BCUT2D eigenvalue weighted by Crippen LogP contribution is -2.63. The summed E-state index contributed by atoms with van der Waals surface area (Å²) in [5, 5.41) is 10.9. The van der Waals surface area contributed by atoms with Crippen LogP contribution in [0.15, 0.2) is 22.8 Å². The number of likely N-dealkylation sites (tertiary alicyclic amines) is 1. The first-order valence-corrected chi connectivity index (χ1v) is 7.87. The number of carbonyl (C=O) groups is 1. The molecular weight excluding hydrogens is 288 g/mol. The number of thiazole rings is 1. The van der Waals surface area contributed by atoms with Crippen molar-refractivity contribution in [2.45, 2.75) is 32.3 Å². The van der Waals surface area contributed by atoms with Crippen molar-refractivity contribution in [2.75, 3.05) is 13.1 Å². The number of aryl methyl sites for hydroxylation is 1. The molecule has 2 aromatic heterocycles. The van der Waals surface area contributed by atoms with Gasteiger partial charge in [-0.15, -0.1) is 11.3 Å². The second kappa shape index (κ2) is 5.27. The molecule has 0 aromatic carbocycles. The van der Waals surface area contributed by atoms with Crippen LogP contribution in [0.4, 0.5) is 0 Å². The Hall–Kier alpha value is -1.66. The van der Waals surface area contributed by atoms with Crippen LogP contribution >= 0.6 is 11.3 Å². The average Bonchev–Trinajstić information content (AvgIpc) is 3.04. The molecule has 21 heavy (non-hydrogen) atoms. The average molecular weight is 306 g/mol. The highest BCUT2D eigenvalue weighted by molar-refractivity contribution is 7.15. The Bertz CT molecular complexity index is 642. The van der Waals surface area contributed by atoms with Crippen molar-refractivity contribution in [1.82, 2.24) is 9.88 Å². The van der Waals surface area contributed by atoms with Gasteiger partial charge in [0.05, 0.1) is 25.0 Å². The fourth-order valence-electron chi connectivity index (χ4n) is 2.68. The first-order valence-electron chi connectivity index (χ1n) is 7.05. The number of rotatable bonds is 4. The maximum atomic E-state index is 12.5. The van der Waals surface area contributed by atoms with E-state index in [1.54, 1.807) is 17.2 Å². The zero-order valence-electron chi connectivity index (χ0n) is 12.1.